The highest BCUT2D eigenvalue weighted by Gasteiger charge is 2.02. The second kappa shape index (κ2) is 4.78. The summed E-state index contributed by atoms with van der Waals surface area (Å²) in [5, 5.41) is 2.42. The van der Waals surface area contributed by atoms with Crippen molar-refractivity contribution in [2.75, 3.05) is 20.1 Å². The minimum atomic E-state index is -0.144. The van der Waals surface area contributed by atoms with Crippen LogP contribution in [0.5, 0.6) is 0 Å². The van der Waals surface area contributed by atoms with Gasteiger partial charge in [0, 0.05) is 13.6 Å². The quantitative estimate of drug-likeness (QED) is 0.526. The van der Waals surface area contributed by atoms with E-state index in [0.717, 1.165) is 0 Å². The van der Waals surface area contributed by atoms with Gasteiger partial charge in [0.25, 0.3) is 0 Å². The molecule has 0 saturated carbocycles. The van der Waals surface area contributed by atoms with Crippen LogP contribution in [0.25, 0.3) is 0 Å². The number of amides is 2. The van der Waals surface area contributed by atoms with E-state index in [4.69, 9.17) is 0 Å². The van der Waals surface area contributed by atoms with E-state index in [9.17, 15) is 9.59 Å². The van der Waals surface area contributed by atoms with E-state index in [2.05, 4.69) is 5.32 Å². The summed E-state index contributed by atoms with van der Waals surface area (Å²) in [6.07, 6.45) is 0.662. The molecule has 0 saturated heterocycles. The van der Waals surface area contributed by atoms with Crippen molar-refractivity contribution in [2.24, 2.45) is 0 Å². The van der Waals surface area contributed by atoms with Gasteiger partial charge in [-0.25, -0.2) is 0 Å². The minimum absolute atomic E-state index is 0.144. The van der Waals surface area contributed by atoms with E-state index >= 15 is 0 Å². The first-order valence-corrected chi connectivity index (χ1v) is 3.14. The molecule has 2 amide bonds. The maximum Gasteiger partial charge on any atom is 0.239 e. The summed E-state index contributed by atoms with van der Waals surface area (Å²) in [4.78, 5) is 22.1. The molecule has 4 nitrogen and oxygen atoms in total. The van der Waals surface area contributed by atoms with Gasteiger partial charge in [0.05, 0.1) is 6.54 Å². The Morgan fingerprint density at radius 2 is 2.30 bits per heavy atom. The number of hydrogen-bond acceptors (Lipinski definition) is 2. The predicted molar refractivity (Wildman–Crippen MR) is 37.4 cm³/mol. The van der Waals surface area contributed by atoms with Crippen LogP contribution in [0.4, 0.5) is 0 Å². The molecule has 0 unspecified atom stereocenters. The molecule has 10 heavy (non-hydrogen) atoms. The van der Waals surface area contributed by atoms with Gasteiger partial charge in [-0.05, 0) is 6.92 Å². The molecule has 0 aromatic heterocycles. The molecule has 0 aliphatic carbocycles. The zero-order valence-electron chi connectivity index (χ0n) is 6.26. The number of hydrogen-bond donors (Lipinski definition) is 1. The lowest BCUT2D eigenvalue weighted by atomic mass is 10.5. The number of nitrogens with one attached hydrogen (secondary N) is 1. The maximum absolute atomic E-state index is 10.6. The highest BCUT2D eigenvalue weighted by molar-refractivity contribution is 5.79. The standard InChI is InChI=1S/C6H12N2O2/c1-3-8(5-9)4-6(10)7-2/h5H,3-4H2,1-2H3,(H,7,10). The van der Waals surface area contributed by atoms with Gasteiger partial charge in [-0.1, -0.05) is 0 Å². The van der Waals surface area contributed by atoms with Gasteiger partial charge in [-0.15, -0.1) is 0 Å². The largest absolute Gasteiger partial charge is 0.358 e. The Morgan fingerprint density at radius 3 is 2.60 bits per heavy atom. The molecular weight excluding hydrogens is 132 g/mol. The molecule has 0 fully saturated rings. The Kier molecular flexibility index (Phi) is 4.28. The molecule has 0 bridgehead atoms. The SMILES string of the molecule is CCN(C=O)CC(=O)NC. The van der Waals surface area contributed by atoms with E-state index in [-0.39, 0.29) is 12.5 Å². The van der Waals surface area contributed by atoms with E-state index < -0.39 is 0 Å². The third-order valence-corrected chi connectivity index (χ3v) is 1.18. The molecule has 0 rings (SSSR count). The summed E-state index contributed by atoms with van der Waals surface area (Å²) in [6.45, 7) is 2.53. The van der Waals surface area contributed by atoms with Crippen LogP contribution in [0.2, 0.25) is 0 Å². The van der Waals surface area contributed by atoms with Gasteiger partial charge < -0.3 is 10.2 Å². The van der Waals surface area contributed by atoms with Crippen LogP contribution < -0.4 is 5.32 Å². The average molecular weight is 144 g/mol. The smallest absolute Gasteiger partial charge is 0.239 e. The fourth-order valence-electron chi connectivity index (χ4n) is 0.487. The highest BCUT2D eigenvalue weighted by atomic mass is 16.2. The monoisotopic (exact) mass is 144 g/mol. The van der Waals surface area contributed by atoms with Crippen LogP contribution in [0.15, 0.2) is 0 Å². The first-order chi connectivity index (χ1) is 4.74. The fourth-order valence-corrected chi connectivity index (χ4v) is 0.487. The fraction of sp³-hybridized carbons (Fsp3) is 0.667. The molecule has 0 aromatic rings. The molecule has 0 aliphatic heterocycles. The van der Waals surface area contributed by atoms with Crippen LogP contribution in [0.1, 0.15) is 6.92 Å². The number of carbonyl (C=O) groups excluding carboxylic acids is 2. The van der Waals surface area contributed by atoms with Gasteiger partial charge in [0.1, 0.15) is 0 Å². The Bertz CT molecular complexity index is 125. The van der Waals surface area contributed by atoms with Crippen molar-refractivity contribution in [1.82, 2.24) is 10.2 Å². The van der Waals surface area contributed by atoms with Gasteiger partial charge in [-0.3, -0.25) is 9.59 Å². The lowest BCUT2D eigenvalue weighted by Gasteiger charge is -2.12. The summed E-state index contributed by atoms with van der Waals surface area (Å²) in [6, 6.07) is 0. The predicted octanol–water partition coefficient (Wildman–Crippen LogP) is -0.789. The van der Waals surface area contributed by atoms with Crippen molar-refractivity contribution in [2.45, 2.75) is 6.92 Å². The summed E-state index contributed by atoms with van der Waals surface area (Å²) < 4.78 is 0. The molecule has 0 radical (unpaired) electrons. The second-order valence-electron chi connectivity index (χ2n) is 1.84. The van der Waals surface area contributed by atoms with E-state index in [1.54, 1.807) is 7.05 Å². The van der Waals surface area contributed by atoms with E-state index in [0.29, 0.717) is 13.0 Å². The topological polar surface area (TPSA) is 49.4 Å². The van der Waals surface area contributed by atoms with Crippen LogP contribution in [0.3, 0.4) is 0 Å². The van der Waals surface area contributed by atoms with Crippen molar-refractivity contribution in [3.63, 3.8) is 0 Å². The lowest BCUT2D eigenvalue weighted by molar-refractivity contribution is -0.127. The van der Waals surface area contributed by atoms with Gasteiger partial charge in [-0.2, -0.15) is 0 Å². The van der Waals surface area contributed by atoms with Gasteiger partial charge in [0.15, 0.2) is 0 Å². The second-order valence-corrected chi connectivity index (χ2v) is 1.84. The number of likely N-dealkylation sites (N-methyl/N-ethyl adjacent to an activating group) is 2. The van der Waals surface area contributed by atoms with Crippen molar-refractivity contribution in [3.05, 3.63) is 0 Å². The molecule has 0 heterocycles. The summed E-state index contributed by atoms with van der Waals surface area (Å²) in [7, 11) is 1.54. The molecule has 4 heteroatoms. The minimum Gasteiger partial charge on any atom is -0.358 e. The Labute approximate surface area is 60.2 Å². The Hall–Kier alpha value is -1.06. The number of carbonyl (C=O) groups is 2. The highest BCUT2D eigenvalue weighted by Crippen LogP contribution is 1.79. The van der Waals surface area contributed by atoms with Gasteiger partial charge in [0.2, 0.25) is 12.3 Å². The lowest BCUT2D eigenvalue weighted by Crippen LogP contribution is -2.34. The summed E-state index contributed by atoms with van der Waals surface area (Å²) in [5.41, 5.74) is 0. The normalized spacial score (nSPS) is 8.60. The molecule has 1 N–H and O–H groups in total. The zero-order chi connectivity index (χ0) is 7.98. The van der Waals surface area contributed by atoms with Gasteiger partial charge >= 0.3 is 0 Å². The Balaban J connectivity index is 3.62. The van der Waals surface area contributed by atoms with Crippen LogP contribution in [0, 0.1) is 0 Å². The number of nitrogens with zero attached hydrogens (tertiary/aromatic N) is 1. The first kappa shape index (κ1) is 8.94. The first-order valence-electron chi connectivity index (χ1n) is 3.14. The van der Waals surface area contributed by atoms with Crippen molar-refractivity contribution >= 4 is 12.3 Å². The summed E-state index contributed by atoms with van der Waals surface area (Å²) >= 11 is 0. The van der Waals surface area contributed by atoms with Crippen molar-refractivity contribution in [3.8, 4) is 0 Å². The van der Waals surface area contributed by atoms with E-state index in [1.807, 2.05) is 6.92 Å². The molecule has 58 valence electrons. The average Bonchev–Trinajstić information content (AvgIpc) is 1.99. The zero-order valence-corrected chi connectivity index (χ0v) is 6.26. The maximum atomic E-state index is 10.6. The molecule has 0 atom stereocenters. The Morgan fingerprint density at radius 1 is 1.70 bits per heavy atom. The molecular formula is C6H12N2O2. The molecule has 0 spiro atoms. The third-order valence-electron chi connectivity index (χ3n) is 1.18. The van der Waals surface area contributed by atoms with Crippen LogP contribution >= 0.6 is 0 Å². The van der Waals surface area contributed by atoms with Crippen molar-refractivity contribution in [1.29, 1.82) is 0 Å². The third kappa shape index (κ3) is 3.06. The summed E-state index contributed by atoms with van der Waals surface area (Å²) in [5.74, 6) is -0.144. The van der Waals surface area contributed by atoms with E-state index in [1.165, 1.54) is 4.90 Å². The molecule has 0 aromatic carbocycles. The molecule has 0 aliphatic rings. The van der Waals surface area contributed by atoms with Crippen molar-refractivity contribution < 1.29 is 9.59 Å². The van der Waals surface area contributed by atoms with Crippen LogP contribution in [-0.4, -0.2) is 37.4 Å². The van der Waals surface area contributed by atoms with Crippen LogP contribution in [-0.2, 0) is 9.59 Å². The number of rotatable bonds is 4.